The first kappa shape index (κ1) is 10.9. The summed E-state index contributed by atoms with van der Waals surface area (Å²) >= 11 is 1.79. The van der Waals surface area contributed by atoms with E-state index in [0.717, 1.165) is 11.4 Å². The van der Waals surface area contributed by atoms with Gasteiger partial charge in [-0.25, -0.2) is 0 Å². The van der Waals surface area contributed by atoms with Gasteiger partial charge in [0.1, 0.15) is 0 Å². The van der Waals surface area contributed by atoms with Crippen molar-refractivity contribution in [3.8, 4) is 0 Å². The standard InChI is InChI=1S/C12H14N2O2S/c15-12(13-5-7-16-8-6-13)10-1-3-11(4-2-10)14-9-17-14/h1-4H,5-9H2. The zero-order valence-electron chi connectivity index (χ0n) is 9.46. The highest BCUT2D eigenvalue weighted by Gasteiger charge is 2.21. The first-order valence-electron chi connectivity index (χ1n) is 5.72. The van der Waals surface area contributed by atoms with Gasteiger partial charge >= 0.3 is 0 Å². The van der Waals surface area contributed by atoms with E-state index in [1.165, 1.54) is 5.69 Å². The molecule has 1 aromatic rings. The van der Waals surface area contributed by atoms with Crippen molar-refractivity contribution in [2.75, 3.05) is 36.5 Å². The number of hydrogen-bond donors (Lipinski definition) is 0. The average molecular weight is 250 g/mol. The zero-order chi connectivity index (χ0) is 11.7. The summed E-state index contributed by atoms with van der Waals surface area (Å²) in [5.41, 5.74) is 1.94. The van der Waals surface area contributed by atoms with E-state index >= 15 is 0 Å². The molecule has 5 heteroatoms. The molecule has 1 amide bonds. The van der Waals surface area contributed by atoms with Crippen LogP contribution in [0.1, 0.15) is 10.4 Å². The van der Waals surface area contributed by atoms with E-state index in [0.29, 0.717) is 26.3 Å². The highest BCUT2D eigenvalue weighted by molar-refractivity contribution is 8.07. The van der Waals surface area contributed by atoms with E-state index in [9.17, 15) is 4.79 Å². The van der Waals surface area contributed by atoms with E-state index in [2.05, 4.69) is 4.31 Å². The van der Waals surface area contributed by atoms with E-state index in [-0.39, 0.29) is 5.91 Å². The van der Waals surface area contributed by atoms with Crippen LogP contribution in [-0.4, -0.2) is 43.0 Å². The van der Waals surface area contributed by atoms with Crippen LogP contribution in [0.25, 0.3) is 0 Å². The Morgan fingerprint density at radius 2 is 1.82 bits per heavy atom. The second-order valence-electron chi connectivity index (χ2n) is 4.09. The minimum atomic E-state index is 0.110. The van der Waals surface area contributed by atoms with Gasteiger partial charge < -0.3 is 13.9 Å². The maximum Gasteiger partial charge on any atom is 0.254 e. The fraction of sp³-hybridized carbons (Fsp3) is 0.417. The van der Waals surface area contributed by atoms with E-state index in [4.69, 9.17) is 4.74 Å². The van der Waals surface area contributed by atoms with Crippen LogP contribution in [0.5, 0.6) is 0 Å². The summed E-state index contributed by atoms with van der Waals surface area (Å²) in [6.45, 7) is 2.69. The Morgan fingerprint density at radius 3 is 2.41 bits per heavy atom. The Labute approximate surface area is 105 Å². The number of morpholine rings is 1. The third kappa shape index (κ3) is 2.40. The Bertz CT molecular complexity index is 411. The van der Waals surface area contributed by atoms with Gasteiger partial charge in [0, 0.05) is 24.3 Å². The van der Waals surface area contributed by atoms with Gasteiger partial charge in [0.25, 0.3) is 5.91 Å². The smallest absolute Gasteiger partial charge is 0.254 e. The van der Waals surface area contributed by atoms with Gasteiger partial charge in [0.15, 0.2) is 0 Å². The van der Waals surface area contributed by atoms with Crippen molar-refractivity contribution in [1.29, 1.82) is 0 Å². The highest BCUT2D eigenvalue weighted by atomic mass is 32.2. The van der Waals surface area contributed by atoms with Crippen molar-refractivity contribution in [3.63, 3.8) is 0 Å². The Balaban J connectivity index is 1.71. The van der Waals surface area contributed by atoms with Gasteiger partial charge in [-0.2, -0.15) is 0 Å². The Kier molecular flexibility index (Phi) is 2.94. The maximum absolute atomic E-state index is 12.1. The lowest BCUT2D eigenvalue weighted by atomic mass is 10.1. The van der Waals surface area contributed by atoms with Crippen LogP contribution >= 0.6 is 11.9 Å². The number of carbonyl (C=O) groups is 1. The van der Waals surface area contributed by atoms with Gasteiger partial charge in [-0.1, -0.05) is 0 Å². The summed E-state index contributed by atoms with van der Waals surface area (Å²) < 4.78 is 7.42. The average Bonchev–Trinajstić information content (AvgIpc) is 3.24. The van der Waals surface area contributed by atoms with Crippen LogP contribution in [0, 0.1) is 0 Å². The minimum absolute atomic E-state index is 0.110. The van der Waals surface area contributed by atoms with Crippen molar-refractivity contribution in [3.05, 3.63) is 29.8 Å². The molecular weight excluding hydrogens is 236 g/mol. The molecule has 0 aliphatic carbocycles. The quantitative estimate of drug-likeness (QED) is 0.589. The number of rotatable bonds is 2. The first-order chi connectivity index (χ1) is 8.34. The molecule has 3 rings (SSSR count). The number of anilines is 1. The summed E-state index contributed by atoms with van der Waals surface area (Å²) in [6.07, 6.45) is 0. The first-order valence-corrected chi connectivity index (χ1v) is 6.66. The van der Waals surface area contributed by atoms with Crippen molar-refractivity contribution in [2.45, 2.75) is 0 Å². The fourth-order valence-corrected chi connectivity index (χ4v) is 2.37. The van der Waals surface area contributed by atoms with Crippen LogP contribution in [0.3, 0.4) is 0 Å². The second-order valence-corrected chi connectivity index (χ2v) is 5.05. The van der Waals surface area contributed by atoms with Gasteiger partial charge in [0.2, 0.25) is 0 Å². The molecule has 0 unspecified atom stereocenters. The number of ether oxygens (including phenoxy) is 1. The number of hydrogen-bond acceptors (Lipinski definition) is 4. The number of amides is 1. The number of carbonyl (C=O) groups excluding carboxylic acids is 1. The summed E-state index contributed by atoms with van der Waals surface area (Å²) in [5, 5.41) is 0. The fourth-order valence-electron chi connectivity index (χ4n) is 1.90. The molecular formula is C12H14N2O2S. The molecule has 0 N–H and O–H groups in total. The van der Waals surface area contributed by atoms with Crippen LogP contribution < -0.4 is 4.31 Å². The van der Waals surface area contributed by atoms with Crippen LogP contribution in [0.15, 0.2) is 24.3 Å². The normalized spacial score (nSPS) is 19.3. The largest absolute Gasteiger partial charge is 0.378 e. The second kappa shape index (κ2) is 4.58. The zero-order valence-corrected chi connectivity index (χ0v) is 10.3. The van der Waals surface area contributed by atoms with E-state index in [1.807, 2.05) is 29.2 Å². The molecule has 0 atom stereocenters. The lowest BCUT2D eigenvalue weighted by Gasteiger charge is -2.26. The van der Waals surface area contributed by atoms with Crippen LogP contribution in [0.4, 0.5) is 5.69 Å². The Morgan fingerprint density at radius 1 is 1.18 bits per heavy atom. The van der Waals surface area contributed by atoms with Crippen molar-refractivity contribution >= 4 is 23.5 Å². The van der Waals surface area contributed by atoms with Crippen LogP contribution in [-0.2, 0) is 4.74 Å². The molecule has 2 aliphatic heterocycles. The van der Waals surface area contributed by atoms with E-state index in [1.54, 1.807) is 11.9 Å². The molecule has 4 nitrogen and oxygen atoms in total. The molecule has 2 heterocycles. The molecule has 2 saturated heterocycles. The highest BCUT2D eigenvalue weighted by Crippen LogP contribution is 2.35. The van der Waals surface area contributed by atoms with E-state index < -0.39 is 0 Å². The summed E-state index contributed by atoms with van der Waals surface area (Å²) in [6, 6.07) is 7.83. The van der Waals surface area contributed by atoms with Crippen molar-refractivity contribution in [1.82, 2.24) is 4.90 Å². The third-order valence-corrected chi connectivity index (χ3v) is 3.69. The summed E-state index contributed by atoms with van der Waals surface area (Å²) in [7, 11) is 0. The molecule has 2 aliphatic rings. The van der Waals surface area contributed by atoms with Crippen molar-refractivity contribution in [2.24, 2.45) is 0 Å². The van der Waals surface area contributed by atoms with Gasteiger partial charge in [0.05, 0.1) is 19.1 Å². The molecule has 0 radical (unpaired) electrons. The molecule has 90 valence electrons. The third-order valence-electron chi connectivity index (χ3n) is 2.96. The predicted octanol–water partition coefficient (Wildman–Crippen LogP) is 1.58. The van der Waals surface area contributed by atoms with Gasteiger partial charge in [-0.15, -0.1) is 0 Å². The molecule has 17 heavy (non-hydrogen) atoms. The number of nitrogens with zero attached hydrogens (tertiary/aromatic N) is 2. The molecule has 0 aromatic heterocycles. The monoisotopic (exact) mass is 250 g/mol. The SMILES string of the molecule is O=C(c1ccc(N2CS2)cc1)N1CCOCC1. The van der Waals surface area contributed by atoms with Crippen molar-refractivity contribution < 1.29 is 9.53 Å². The number of benzene rings is 1. The van der Waals surface area contributed by atoms with Gasteiger partial charge in [-0.3, -0.25) is 4.79 Å². The predicted molar refractivity (Wildman–Crippen MR) is 68.1 cm³/mol. The summed E-state index contributed by atoms with van der Waals surface area (Å²) in [4.78, 5) is 14.0. The molecule has 1 aromatic carbocycles. The Hall–Kier alpha value is -1.20. The maximum atomic E-state index is 12.1. The summed E-state index contributed by atoms with van der Waals surface area (Å²) in [5.74, 6) is 1.16. The molecule has 0 bridgehead atoms. The topological polar surface area (TPSA) is 32.5 Å². The van der Waals surface area contributed by atoms with Crippen LogP contribution in [0.2, 0.25) is 0 Å². The lowest BCUT2D eigenvalue weighted by molar-refractivity contribution is 0.0303. The molecule has 0 spiro atoms. The molecule has 0 saturated carbocycles. The lowest BCUT2D eigenvalue weighted by Crippen LogP contribution is -2.40. The minimum Gasteiger partial charge on any atom is -0.378 e. The molecule has 2 fully saturated rings. The van der Waals surface area contributed by atoms with Gasteiger partial charge in [-0.05, 0) is 36.2 Å².